The lowest BCUT2D eigenvalue weighted by molar-refractivity contribution is -0.00259. The van der Waals surface area contributed by atoms with Crippen LogP contribution in [0.1, 0.15) is 17.2 Å². The molecule has 0 aliphatic carbocycles. The highest BCUT2D eigenvalue weighted by molar-refractivity contribution is 7.89. The van der Waals surface area contributed by atoms with Gasteiger partial charge in [-0.15, -0.1) is 0 Å². The van der Waals surface area contributed by atoms with E-state index in [2.05, 4.69) is 5.10 Å². The zero-order valence-electron chi connectivity index (χ0n) is 13.4. The molecule has 8 heteroatoms. The summed E-state index contributed by atoms with van der Waals surface area (Å²) in [6.07, 6.45) is 4.03. The minimum absolute atomic E-state index is 0.292. The molecule has 7 nitrogen and oxygen atoms in total. The van der Waals surface area contributed by atoms with Crippen molar-refractivity contribution in [3.8, 4) is 5.75 Å². The first-order valence-electron chi connectivity index (χ1n) is 7.90. The van der Waals surface area contributed by atoms with Gasteiger partial charge in [0.25, 0.3) is 0 Å². The van der Waals surface area contributed by atoms with Crippen LogP contribution in [0.5, 0.6) is 5.75 Å². The number of benzene rings is 1. The van der Waals surface area contributed by atoms with Gasteiger partial charge < -0.3 is 9.47 Å². The fourth-order valence-corrected chi connectivity index (χ4v) is 4.60. The Bertz CT molecular complexity index is 862. The van der Waals surface area contributed by atoms with E-state index in [1.54, 1.807) is 29.1 Å². The Kier molecular flexibility index (Phi) is 3.82. The zero-order valence-corrected chi connectivity index (χ0v) is 14.2. The average Bonchev–Trinajstić information content (AvgIpc) is 3.23. The van der Waals surface area contributed by atoms with Gasteiger partial charge >= 0.3 is 0 Å². The average molecular weight is 349 g/mol. The van der Waals surface area contributed by atoms with Gasteiger partial charge in [0.05, 0.1) is 30.4 Å². The van der Waals surface area contributed by atoms with Gasteiger partial charge in [0, 0.05) is 38.3 Å². The van der Waals surface area contributed by atoms with E-state index in [0.717, 1.165) is 23.3 Å². The van der Waals surface area contributed by atoms with Crippen LogP contribution in [0.2, 0.25) is 0 Å². The molecule has 24 heavy (non-hydrogen) atoms. The molecule has 1 atom stereocenters. The van der Waals surface area contributed by atoms with Crippen molar-refractivity contribution in [2.45, 2.75) is 17.4 Å². The molecule has 1 fully saturated rings. The van der Waals surface area contributed by atoms with E-state index in [9.17, 15) is 8.42 Å². The van der Waals surface area contributed by atoms with Crippen LogP contribution < -0.4 is 4.74 Å². The van der Waals surface area contributed by atoms with E-state index in [1.807, 2.05) is 13.2 Å². The summed E-state index contributed by atoms with van der Waals surface area (Å²) >= 11 is 0. The molecule has 0 N–H and O–H groups in total. The molecule has 1 aromatic carbocycles. The first kappa shape index (κ1) is 15.6. The van der Waals surface area contributed by atoms with E-state index < -0.39 is 10.0 Å². The van der Waals surface area contributed by atoms with Gasteiger partial charge in [-0.3, -0.25) is 4.68 Å². The topological polar surface area (TPSA) is 73.7 Å². The largest absolute Gasteiger partial charge is 0.493 e. The molecule has 128 valence electrons. The third-order valence-corrected chi connectivity index (χ3v) is 6.29. The van der Waals surface area contributed by atoms with Crippen LogP contribution in [-0.4, -0.2) is 48.8 Å². The van der Waals surface area contributed by atoms with Gasteiger partial charge in [0.1, 0.15) is 5.75 Å². The molecule has 2 aliphatic rings. The summed E-state index contributed by atoms with van der Waals surface area (Å²) in [5.74, 6) is 0.782. The Morgan fingerprint density at radius 1 is 1.29 bits per heavy atom. The summed E-state index contributed by atoms with van der Waals surface area (Å²) in [5.41, 5.74) is 1.84. The number of nitrogens with zero attached hydrogens (tertiary/aromatic N) is 3. The third-order valence-electron chi connectivity index (χ3n) is 4.42. The van der Waals surface area contributed by atoms with E-state index in [-0.39, 0.29) is 6.10 Å². The van der Waals surface area contributed by atoms with Crippen molar-refractivity contribution in [2.75, 3.05) is 26.3 Å². The molecule has 0 saturated carbocycles. The molecular formula is C16H19N3O4S. The molecule has 1 saturated heterocycles. The highest BCUT2D eigenvalue weighted by atomic mass is 32.2. The van der Waals surface area contributed by atoms with E-state index in [4.69, 9.17) is 9.47 Å². The molecule has 1 aromatic heterocycles. The number of ether oxygens (including phenoxy) is 2. The lowest BCUT2D eigenvalue weighted by atomic mass is 10.2. The zero-order chi connectivity index (χ0) is 16.7. The van der Waals surface area contributed by atoms with Crippen LogP contribution in [0, 0.1) is 0 Å². The fourth-order valence-electron chi connectivity index (χ4n) is 3.12. The van der Waals surface area contributed by atoms with Crippen molar-refractivity contribution in [2.24, 2.45) is 7.05 Å². The lowest BCUT2D eigenvalue weighted by Crippen LogP contribution is -2.42. The smallest absolute Gasteiger partial charge is 0.243 e. The molecule has 2 aromatic rings. The summed E-state index contributed by atoms with van der Waals surface area (Å²) in [4.78, 5) is 0.318. The summed E-state index contributed by atoms with van der Waals surface area (Å²) in [6.45, 7) is 1.63. The van der Waals surface area contributed by atoms with Crippen LogP contribution in [0.25, 0.3) is 0 Å². The number of aromatic nitrogens is 2. The van der Waals surface area contributed by atoms with Gasteiger partial charge in [-0.2, -0.15) is 9.40 Å². The van der Waals surface area contributed by atoms with Crippen molar-refractivity contribution >= 4 is 10.0 Å². The summed E-state index contributed by atoms with van der Waals surface area (Å²) < 4.78 is 40.3. The van der Waals surface area contributed by atoms with Crippen LogP contribution in [0.4, 0.5) is 0 Å². The number of hydrogen-bond donors (Lipinski definition) is 0. The maximum absolute atomic E-state index is 13.0. The molecule has 0 radical (unpaired) electrons. The molecule has 4 rings (SSSR count). The molecule has 3 heterocycles. The highest BCUT2D eigenvalue weighted by Crippen LogP contribution is 2.31. The second-order valence-electron chi connectivity index (χ2n) is 6.04. The Morgan fingerprint density at radius 3 is 2.96 bits per heavy atom. The number of fused-ring (bicyclic) bond motifs is 1. The predicted molar refractivity (Wildman–Crippen MR) is 86.3 cm³/mol. The minimum atomic E-state index is -3.55. The summed E-state index contributed by atoms with van der Waals surface area (Å²) in [7, 11) is -1.72. The van der Waals surface area contributed by atoms with Crippen LogP contribution in [-0.2, 0) is 28.2 Å². The molecule has 0 spiro atoms. The van der Waals surface area contributed by atoms with Crippen LogP contribution >= 0.6 is 0 Å². The first-order valence-corrected chi connectivity index (χ1v) is 9.34. The predicted octanol–water partition coefficient (Wildman–Crippen LogP) is 1.12. The molecule has 0 bridgehead atoms. The standard InChI is InChI=1S/C16H19N3O4S/c1-18-10-13(9-17-18)16-11-19(5-7-23-16)24(20,21)14-2-3-15-12(8-14)4-6-22-15/h2-3,8-10,16H,4-7,11H2,1H3/t16-/m1/s1. The number of hydrogen-bond acceptors (Lipinski definition) is 5. The van der Waals surface area contributed by atoms with E-state index >= 15 is 0 Å². The minimum Gasteiger partial charge on any atom is -0.493 e. The Morgan fingerprint density at radius 2 is 2.17 bits per heavy atom. The second kappa shape index (κ2) is 5.87. The van der Waals surface area contributed by atoms with Gasteiger partial charge in [0.15, 0.2) is 0 Å². The SMILES string of the molecule is Cn1cc([C@H]2CN(S(=O)(=O)c3ccc4c(c3)CCO4)CCO2)cn1. The van der Waals surface area contributed by atoms with Gasteiger partial charge in [-0.25, -0.2) is 8.42 Å². The van der Waals surface area contributed by atoms with E-state index in [0.29, 0.717) is 31.2 Å². The molecule has 0 amide bonds. The van der Waals surface area contributed by atoms with Crippen LogP contribution in [0.3, 0.4) is 0 Å². The van der Waals surface area contributed by atoms with E-state index in [1.165, 1.54) is 4.31 Å². The van der Waals surface area contributed by atoms with Crippen molar-refractivity contribution in [1.82, 2.24) is 14.1 Å². The van der Waals surface area contributed by atoms with Gasteiger partial charge in [-0.1, -0.05) is 0 Å². The van der Waals surface area contributed by atoms with Crippen molar-refractivity contribution in [3.05, 3.63) is 41.7 Å². The van der Waals surface area contributed by atoms with Crippen molar-refractivity contribution in [1.29, 1.82) is 0 Å². The number of morpholine rings is 1. The maximum Gasteiger partial charge on any atom is 0.243 e. The summed E-state index contributed by atoms with van der Waals surface area (Å²) in [6, 6.07) is 5.09. The maximum atomic E-state index is 13.0. The molecular weight excluding hydrogens is 330 g/mol. The lowest BCUT2D eigenvalue weighted by Gasteiger charge is -2.31. The van der Waals surface area contributed by atoms with Crippen LogP contribution in [0.15, 0.2) is 35.5 Å². The van der Waals surface area contributed by atoms with Crippen molar-refractivity contribution < 1.29 is 17.9 Å². The second-order valence-corrected chi connectivity index (χ2v) is 7.98. The highest BCUT2D eigenvalue weighted by Gasteiger charge is 2.32. The number of rotatable bonds is 3. The third kappa shape index (κ3) is 2.70. The molecule has 2 aliphatic heterocycles. The monoisotopic (exact) mass is 349 g/mol. The first-order chi connectivity index (χ1) is 11.5. The summed E-state index contributed by atoms with van der Waals surface area (Å²) in [5, 5.41) is 4.13. The van der Waals surface area contributed by atoms with Gasteiger partial charge in [0.2, 0.25) is 10.0 Å². The Hall–Kier alpha value is -1.90. The number of aryl methyl sites for hydroxylation is 1. The Balaban J connectivity index is 1.59. The normalized spacial score (nSPS) is 21.5. The quantitative estimate of drug-likeness (QED) is 0.830. The van der Waals surface area contributed by atoms with Crippen molar-refractivity contribution in [3.63, 3.8) is 0 Å². The molecule has 0 unspecified atom stereocenters. The fraction of sp³-hybridized carbons (Fsp3) is 0.438. The Labute approximate surface area is 140 Å². The van der Waals surface area contributed by atoms with Gasteiger partial charge in [-0.05, 0) is 23.8 Å². The number of sulfonamides is 1.